The van der Waals surface area contributed by atoms with E-state index < -0.39 is 11.7 Å². The smallest absolute Gasteiger partial charge is 0.416 e. The van der Waals surface area contributed by atoms with E-state index in [1.54, 1.807) is 29.1 Å². The monoisotopic (exact) mass is 398 g/mol. The van der Waals surface area contributed by atoms with Gasteiger partial charge in [0, 0.05) is 23.6 Å². The van der Waals surface area contributed by atoms with Crippen molar-refractivity contribution in [2.45, 2.75) is 6.18 Å². The molecule has 1 N–H and O–H groups in total. The first-order valence-electron chi connectivity index (χ1n) is 8.65. The van der Waals surface area contributed by atoms with Gasteiger partial charge in [-0.2, -0.15) is 13.2 Å². The Bertz CT molecular complexity index is 1220. The largest absolute Gasteiger partial charge is 0.454 e. The van der Waals surface area contributed by atoms with Crippen LogP contribution in [0, 0.1) is 0 Å². The highest BCUT2D eigenvalue weighted by molar-refractivity contribution is 5.75. The molecular weight excluding hydrogens is 385 g/mol. The van der Waals surface area contributed by atoms with Gasteiger partial charge in [0.05, 0.1) is 17.5 Å². The van der Waals surface area contributed by atoms with Gasteiger partial charge in [0.15, 0.2) is 23.0 Å². The fourth-order valence-electron chi connectivity index (χ4n) is 3.19. The Labute approximate surface area is 162 Å². The summed E-state index contributed by atoms with van der Waals surface area (Å²) in [5.74, 6) is 1.67. The van der Waals surface area contributed by atoms with E-state index in [9.17, 15) is 13.2 Å². The molecule has 0 fully saturated rings. The summed E-state index contributed by atoms with van der Waals surface area (Å²) >= 11 is 0. The fourth-order valence-corrected chi connectivity index (χ4v) is 3.19. The van der Waals surface area contributed by atoms with Crippen LogP contribution in [0.4, 0.5) is 24.7 Å². The molecule has 0 bridgehead atoms. The Morgan fingerprint density at radius 1 is 1.00 bits per heavy atom. The van der Waals surface area contributed by atoms with Crippen molar-refractivity contribution >= 4 is 17.2 Å². The van der Waals surface area contributed by atoms with Gasteiger partial charge < -0.3 is 14.8 Å². The van der Waals surface area contributed by atoms with Gasteiger partial charge in [0.25, 0.3) is 0 Å². The number of hydrogen-bond acceptors (Lipinski definition) is 5. The number of hydrogen-bond donors (Lipinski definition) is 1. The van der Waals surface area contributed by atoms with E-state index in [1.165, 1.54) is 6.07 Å². The molecule has 0 atom stereocenters. The van der Waals surface area contributed by atoms with Crippen LogP contribution >= 0.6 is 0 Å². The Morgan fingerprint density at radius 2 is 1.86 bits per heavy atom. The van der Waals surface area contributed by atoms with Crippen molar-refractivity contribution in [3.63, 3.8) is 0 Å². The Balaban J connectivity index is 1.53. The first-order valence-corrected chi connectivity index (χ1v) is 8.65. The topological polar surface area (TPSA) is 60.7 Å². The van der Waals surface area contributed by atoms with Crippen LogP contribution in [0.2, 0.25) is 0 Å². The van der Waals surface area contributed by atoms with Gasteiger partial charge in [-0.1, -0.05) is 6.07 Å². The Hall–Kier alpha value is -3.75. The van der Waals surface area contributed by atoms with Gasteiger partial charge >= 0.3 is 6.18 Å². The number of halogens is 3. The van der Waals surface area contributed by atoms with Crippen LogP contribution in [0.5, 0.6) is 11.5 Å². The van der Waals surface area contributed by atoms with E-state index in [0.29, 0.717) is 23.0 Å². The summed E-state index contributed by atoms with van der Waals surface area (Å²) in [4.78, 5) is 8.64. The third kappa shape index (κ3) is 3.10. The number of benzene rings is 2. The van der Waals surface area contributed by atoms with Crippen LogP contribution in [-0.4, -0.2) is 21.2 Å². The Kier molecular flexibility index (Phi) is 3.83. The van der Waals surface area contributed by atoms with Gasteiger partial charge in [-0.3, -0.25) is 4.40 Å². The molecule has 1 aliphatic heterocycles. The second kappa shape index (κ2) is 6.40. The summed E-state index contributed by atoms with van der Waals surface area (Å²) in [5.41, 5.74) is 1.66. The Morgan fingerprint density at radius 3 is 2.72 bits per heavy atom. The van der Waals surface area contributed by atoms with Crippen LogP contribution in [0.3, 0.4) is 0 Å². The minimum absolute atomic E-state index is 0.181. The lowest BCUT2D eigenvalue weighted by molar-refractivity contribution is -0.137. The SMILES string of the molecule is FC(F)(F)c1cccc(Nc2nccn3c(-c4ccc5c(c4)OCO5)cnc23)c1. The third-order valence-corrected chi connectivity index (χ3v) is 4.55. The van der Waals surface area contributed by atoms with Gasteiger partial charge in [-0.15, -0.1) is 0 Å². The summed E-state index contributed by atoms with van der Waals surface area (Å²) in [7, 11) is 0. The second-order valence-corrected chi connectivity index (χ2v) is 6.38. The average Bonchev–Trinajstić information content (AvgIpc) is 3.34. The maximum atomic E-state index is 13.0. The molecule has 9 heteroatoms. The molecule has 5 rings (SSSR count). The lowest BCUT2D eigenvalue weighted by atomic mass is 10.1. The highest BCUT2D eigenvalue weighted by atomic mass is 19.4. The van der Waals surface area contributed by atoms with Crippen LogP contribution in [0.25, 0.3) is 16.9 Å². The standard InChI is InChI=1S/C20H13F3N4O2/c21-20(22,23)13-2-1-3-14(9-13)26-18-19-25-10-15(27(19)7-6-24-18)12-4-5-16-17(8-12)29-11-28-16/h1-10H,11H2,(H,24,26). The van der Waals surface area contributed by atoms with Gasteiger partial charge in [-0.25, -0.2) is 9.97 Å². The maximum Gasteiger partial charge on any atom is 0.416 e. The molecule has 2 aromatic carbocycles. The summed E-state index contributed by atoms with van der Waals surface area (Å²) < 4.78 is 51.5. The predicted molar refractivity (Wildman–Crippen MR) is 99.3 cm³/mol. The van der Waals surface area contributed by atoms with Crippen molar-refractivity contribution in [2.75, 3.05) is 12.1 Å². The molecule has 2 aromatic heterocycles. The third-order valence-electron chi connectivity index (χ3n) is 4.55. The van der Waals surface area contributed by atoms with E-state index in [4.69, 9.17) is 9.47 Å². The van der Waals surface area contributed by atoms with Crippen molar-refractivity contribution in [1.29, 1.82) is 0 Å². The fraction of sp³-hybridized carbons (Fsp3) is 0.100. The summed E-state index contributed by atoms with van der Waals surface area (Å²) in [6.45, 7) is 0.181. The van der Waals surface area contributed by atoms with Crippen LogP contribution < -0.4 is 14.8 Å². The van der Waals surface area contributed by atoms with Crippen molar-refractivity contribution in [3.8, 4) is 22.8 Å². The number of alkyl halides is 3. The summed E-state index contributed by atoms with van der Waals surface area (Å²) in [6.07, 6.45) is 0.545. The molecule has 0 saturated heterocycles. The molecule has 4 aromatic rings. The number of anilines is 2. The van der Waals surface area contributed by atoms with E-state index >= 15 is 0 Å². The first-order chi connectivity index (χ1) is 14.0. The molecule has 0 amide bonds. The zero-order valence-corrected chi connectivity index (χ0v) is 14.8. The lowest BCUT2D eigenvalue weighted by Gasteiger charge is -2.11. The normalized spacial score (nSPS) is 13.1. The van der Waals surface area contributed by atoms with E-state index in [1.807, 2.05) is 18.2 Å². The first kappa shape index (κ1) is 17.4. The van der Waals surface area contributed by atoms with Gasteiger partial charge in [-0.05, 0) is 36.4 Å². The zero-order valence-electron chi connectivity index (χ0n) is 14.8. The van der Waals surface area contributed by atoms with Gasteiger partial charge in [0.2, 0.25) is 6.79 Å². The highest BCUT2D eigenvalue weighted by Crippen LogP contribution is 2.36. The number of aromatic nitrogens is 3. The number of fused-ring (bicyclic) bond motifs is 2. The molecule has 0 saturated carbocycles. The predicted octanol–water partition coefficient (Wildman–Crippen LogP) is 4.89. The molecule has 0 aliphatic carbocycles. The molecule has 1 aliphatic rings. The van der Waals surface area contributed by atoms with E-state index in [0.717, 1.165) is 23.4 Å². The number of imidazole rings is 1. The lowest BCUT2D eigenvalue weighted by Crippen LogP contribution is -2.05. The molecule has 29 heavy (non-hydrogen) atoms. The molecule has 0 spiro atoms. The van der Waals surface area contributed by atoms with E-state index in [2.05, 4.69) is 15.3 Å². The second-order valence-electron chi connectivity index (χ2n) is 6.38. The molecule has 146 valence electrons. The molecule has 0 radical (unpaired) electrons. The minimum atomic E-state index is -4.42. The molecule has 0 unspecified atom stereocenters. The minimum Gasteiger partial charge on any atom is -0.454 e. The van der Waals surface area contributed by atoms with Crippen molar-refractivity contribution in [2.24, 2.45) is 0 Å². The zero-order chi connectivity index (χ0) is 20.0. The van der Waals surface area contributed by atoms with Crippen LogP contribution in [0.15, 0.2) is 61.1 Å². The number of ether oxygens (including phenoxy) is 2. The van der Waals surface area contributed by atoms with Gasteiger partial charge in [0.1, 0.15) is 0 Å². The maximum absolute atomic E-state index is 13.0. The molecule has 6 nitrogen and oxygen atoms in total. The average molecular weight is 398 g/mol. The van der Waals surface area contributed by atoms with E-state index in [-0.39, 0.29) is 12.5 Å². The van der Waals surface area contributed by atoms with Crippen LogP contribution in [0.1, 0.15) is 5.56 Å². The highest BCUT2D eigenvalue weighted by Gasteiger charge is 2.30. The van der Waals surface area contributed by atoms with Crippen molar-refractivity contribution < 1.29 is 22.6 Å². The molecular formula is C20H13F3N4O2. The van der Waals surface area contributed by atoms with Crippen molar-refractivity contribution in [1.82, 2.24) is 14.4 Å². The molecule has 3 heterocycles. The quantitative estimate of drug-likeness (QED) is 0.533. The summed E-state index contributed by atoms with van der Waals surface area (Å²) in [6, 6.07) is 10.5. The van der Waals surface area contributed by atoms with Crippen molar-refractivity contribution in [3.05, 3.63) is 66.6 Å². The number of rotatable bonds is 3. The van der Waals surface area contributed by atoms with Crippen LogP contribution in [-0.2, 0) is 6.18 Å². The number of nitrogens with zero attached hydrogens (tertiary/aromatic N) is 3. The summed E-state index contributed by atoms with van der Waals surface area (Å²) in [5, 5.41) is 2.93. The number of nitrogens with one attached hydrogen (secondary N) is 1.